The van der Waals surface area contributed by atoms with Crippen LogP contribution in [-0.2, 0) is 23.4 Å². The largest absolute Gasteiger partial charge is 0.461 e. The van der Waals surface area contributed by atoms with Crippen LogP contribution in [0.2, 0.25) is 0 Å². The fraction of sp³-hybridized carbons (Fsp3) is 0.542. The van der Waals surface area contributed by atoms with Crippen LogP contribution >= 0.6 is 7.75 Å². The Kier molecular flexibility index (Phi) is 9.50. The van der Waals surface area contributed by atoms with Gasteiger partial charge in [-0.1, -0.05) is 32.0 Å². The SMILES string of the molecule is CCC(CC)OC(=O)[C@H](C)N[P@@](=O)(OC[C@@]1(F)O[C@@H](n2ccc(N)nc2=O)[C@](C)(F)[C@@H]1O)Oc1ccccc1. The van der Waals surface area contributed by atoms with Crippen LogP contribution in [0.4, 0.5) is 14.6 Å². The monoisotopic (exact) mass is 574 g/mol. The highest BCUT2D eigenvalue weighted by Crippen LogP contribution is 2.51. The molecule has 1 saturated heterocycles. The molecule has 39 heavy (non-hydrogen) atoms. The summed E-state index contributed by atoms with van der Waals surface area (Å²) < 4.78 is 66.9. The summed E-state index contributed by atoms with van der Waals surface area (Å²) in [6.45, 7) is 4.52. The van der Waals surface area contributed by atoms with Crippen molar-refractivity contribution in [3.05, 3.63) is 53.1 Å². The van der Waals surface area contributed by atoms with E-state index in [1.54, 1.807) is 18.2 Å². The quantitative estimate of drug-likeness (QED) is 0.252. The first-order valence-electron chi connectivity index (χ1n) is 12.3. The second-order valence-corrected chi connectivity index (χ2v) is 10.9. The maximum Gasteiger partial charge on any atom is 0.459 e. The highest BCUT2D eigenvalue weighted by atomic mass is 31.2. The Morgan fingerprint density at radius 2 is 1.92 bits per heavy atom. The van der Waals surface area contributed by atoms with Gasteiger partial charge in [0, 0.05) is 6.20 Å². The number of carbonyl (C=O) groups is 1. The van der Waals surface area contributed by atoms with E-state index in [2.05, 4.69) is 10.1 Å². The highest BCUT2D eigenvalue weighted by molar-refractivity contribution is 7.52. The van der Waals surface area contributed by atoms with E-state index in [0.717, 1.165) is 19.2 Å². The van der Waals surface area contributed by atoms with E-state index in [4.69, 9.17) is 24.3 Å². The van der Waals surface area contributed by atoms with Crippen molar-refractivity contribution in [1.82, 2.24) is 14.6 Å². The van der Waals surface area contributed by atoms with Crippen LogP contribution in [0.1, 0.15) is 46.8 Å². The molecule has 1 aromatic carbocycles. The lowest BCUT2D eigenvalue weighted by atomic mass is 9.97. The fourth-order valence-electron chi connectivity index (χ4n) is 3.86. The predicted octanol–water partition coefficient (Wildman–Crippen LogP) is 3.02. The lowest BCUT2D eigenvalue weighted by molar-refractivity contribution is -0.204. The molecule has 1 aliphatic heterocycles. The summed E-state index contributed by atoms with van der Waals surface area (Å²) in [5, 5.41) is 12.9. The van der Waals surface area contributed by atoms with Crippen molar-refractivity contribution < 1.29 is 41.8 Å². The summed E-state index contributed by atoms with van der Waals surface area (Å²) >= 11 is 0. The molecule has 0 spiro atoms. The average Bonchev–Trinajstić information content (AvgIpc) is 3.06. The van der Waals surface area contributed by atoms with Crippen molar-refractivity contribution in [2.75, 3.05) is 12.3 Å². The van der Waals surface area contributed by atoms with E-state index in [9.17, 15) is 19.3 Å². The number of anilines is 1. The third kappa shape index (κ3) is 7.00. The van der Waals surface area contributed by atoms with E-state index in [-0.39, 0.29) is 17.7 Å². The molecule has 0 aliphatic carbocycles. The van der Waals surface area contributed by atoms with Crippen molar-refractivity contribution >= 4 is 19.5 Å². The Balaban J connectivity index is 1.84. The number of nitrogens with one attached hydrogen (secondary N) is 1. The third-order valence-electron chi connectivity index (χ3n) is 6.14. The summed E-state index contributed by atoms with van der Waals surface area (Å²) in [7, 11) is -4.58. The maximum atomic E-state index is 15.9. The molecule has 0 amide bonds. The number of rotatable bonds is 12. The van der Waals surface area contributed by atoms with Crippen LogP contribution in [0, 0.1) is 0 Å². The van der Waals surface area contributed by atoms with Crippen molar-refractivity contribution in [3.8, 4) is 5.75 Å². The van der Waals surface area contributed by atoms with Gasteiger partial charge >= 0.3 is 19.4 Å². The van der Waals surface area contributed by atoms with Gasteiger partial charge in [0.25, 0.3) is 5.85 Å². The van der Waals surface area contributed by atoms with Crippen LogP contribution in [0.15, 0.2) is 47.4 Å². The van der Waals surface area contributed by atoms with Crippen LogP contribution in [0.25, 0.3) is 0 Å². The van der Waals surface area contributed by atoms with Gasteiger partial charge in [0.1, 0.15) is 30.3 Å². The first-order chi connectivity index (χ1) is 18.2. The molecule has 1 fully saturated rings. The molecule has 4 N–H and O–H groups in total. The number of halogens is 2. The van der Waals surface area contributed by atoms with Gasteiger partial charge in [-0.15, -0.1) is 0 Å². The topological polar surface area (TPSA) is 164 Å². The molecule has 216 valence electrons. The van der Waals surface area contributed by atoms with Gasteiger partial charge in [0.2, 0.25) is 0 Å². The van der Waals surface area contributed by atoms with Gasteiger partial charge in [0.15, 0.2) is 18.0 Å². The molecule has 2 aromatic rings. The number of para-hydroxylation sites is 1. The van der Waals surface area contributed by atoms with E-state index in [1.165, 1.54) is 19.1 Å². The number of nitrogens with two attached hydrogens (primary N) is 1. The molecule has 3 rings (SSSR count). The summed E-state index contributed by atoms with van der Waals surface area (Å²) in [5.74, 6) is -4.18. The number of nitrogens with zero attached hydrogens (tertiary/aromatic N) is 2. The number of esters is 1. The zero-order valence-corrected chi connectivity index (χ0v) is 22.8. The molecule has 0 saturated carbocycles. The molecule has 0 unspecified atom stereocenters. The smallest absolute Gasteiger partial charge is 0.459 e. The second kappa shape index (κ2) is 12.1. The zero-order valence-electron chi connectivity index (χ0n) is 22.0. The third-order valence-corrected chi connectivity index (χ3v) is 7.76. The van der Waals surface area contributed by atoms with Crippen molar-refractivity contribution in [2.45, 2.75) is 76.5 Å². The Labute approximate surface area is 224 Å². The van der Waals surface area contributed by atoms with Crippen molar-refractivity contribution in [3.63, 3.8) is 0 Å². The lowest BCUT2D eigenvalue weighted by Gasteiger charge is -2.28. The first kappa shape index (κ1) is 30.6. The number of aliphatic hydroxyl groups excluding tert-OH is 1. The predicted molar refractivity (Wildman–Crippen MR) is 136 cm³/mol. The van der Waals surface area contributed by atoms with Crippen LogP contribution in [-0.4, -0.2) is 57.0 Å². The molecule has 6 atom stereocenters. The Bertz CT molecular complexity index is 1250. The number of benzene rings is 1. The Morgan fingerprint density at radius 1 is 1.28 bits per heavy atom. The molecular formula is C24H33F2N4O8P. The van der Waals surface area contributed by atoms with Gasteiger partial charge in [-0.2, -0.15) is 10.1 Å². The Hall–Kier alpha value is -2.90. The summed E-state index contributed by atoms with van der Waals surface area (Å²) in [4.78, 5) is 28.2. The lowest BCUT2D eigenvalue weighted by Crippen LogP contribution is -2.47. The number of hydrogen-bond acceptors (Lipinski definition) is 10. The minimum absolute atomic E-state index is 0.0439. The molecule has 0 radical (unpaired) electrons. The van der Waals surface area contributed by atoms with E-state index < -0.39 is 55.9 Å². The molecular weight excluding hydrogens is 541 g/mol. The molecule has 1 aromatic heterocycles. The van der Waals surface area contributed by atoms with Crippen LogP contribution in [0.5, 0.6) is 5.75 Å². The number of hydrogen-bond donors (Lipinski definition) is 3. The number of aromatic nitrogens is 2. The molecule has 15 heteroatoms. The Morgan fingerprint density at radius 3 is 2.51 bits per heavy atom. The van der Waals surface area contributed by atoms with Gasteiger partial charge in [0.05, 0.1) is 0 Å². The van der Waals surface area contributed by atoms with Crippen LogP contribution in [0.3, 0.4) is 0 Å². The van der Waals surface area contributed by atoms with Gasteiger partial charge < -0.3 is 24.8 Å². The normalized spacial score (nSPS) is 27.2. The van der Waals surface area contributed by atoms with E-state index >= 15 is 8.78 Å². The summed E-state index contributed by atoms with van der Waals surface area (Å²) in [6.07, 6.45) is -2.71. The first-order valence-corrected chi connectivity index (χ1v) is 13.8. The van der Waals surface area contributed by atoms with Gasteiger partial charge in [-0.25, -0.2) is 18.1 Å². The summed E-state index contributed by atoms with van der Waals surface area (Å²) in [5.41, 5.74) is 1.54. The molecule has 12 nitrogen and oxygen atoms in total. The van der Waals surface area contributed by atoms with Gasteiger partial charge in [-0.3, -0.25) is 13.9 Å². The highest BCUT2D eigenvalue weighted by Gasteiger charge is 2.65. The summed E-state index contributed by atoms with van der Waals surface area (Å²) in [6, 6.07) is 7.61. The van der Waals surface area contributed by atoms with E-state index in [0.29, 0.717) is 17.4 Å². The fourth-order valence-corrected chi connectivity index (χ4v) is 5.37. The number of ether oxygens (including phenoxy) is 2. The zero-order chi connectivity index (χ0) is 29.0. The van der Waals surface area contributed by atoms with Crippen molar-refractivity contribution in [2.24, 2.45) is 0 Å². The standard InChI is InChI=1S/C24H33F2N4O8P/c1-5-16(6-2)36-19(31)15(3)29-39(34,38-17-10-8-7-9-11-17)35-14-24(26)20(32)23(4,25)21(37-24)30-13-12-18(27)28-22(30)33/h7-13,15-16,20-21,32H,5-6,14H2,1-4H3,(H,29,34)(H2,27,28,33)/t15-,20-,21+,23+,24+,39+/m0/s1. The number of alkyl halides is 2. The number of nitrogen functional groups attached to an aromatic ring is 1. The minimum Gasteiger partial charge on any atom is -0.461 e. The number of carbonyl (C=O) groups excluding carboxylic acids is 1. The number of aliphatic hydroxyl groups is 1. The molecule has 0 bridgehead atoms. The molecule has 2 heterocycles. The molecule has 1 aliphatic rings. The van der Waals surface area contributed by atoms with Crippen molar-refractivity contribution in [1.29, 1.82) is 0 Å². The second-order valence-electron chi connectivity index (χ2n) is 9.25. The van der Waals surface area contributed by atoms with Gasteiger partial charge in [-0.05, 0) is 44.9 Å². The van der Waals surface area contributed by atoms with E-state index in [1.807, 2.05) is 13.8 Å². The maximum absolute atomic E-state index is 15.9. The average molecular weight is 575 g/mol. The minimum atomic E-state index is -4.58. The van der Waals surface area contributed by atoms with Crippen LogP contribution < -0.4 is 21.0 Å².